The van der Waals surface area contributed by atoms with E-state index in [4.69, 9.17) is 0 Å². The number of piperidine rings is 1. The van der Waals surface area contributed by atoms with Gasteiger partial charge in [-0.05, 0) is 47.0 Å². The van der Waals surface area contributed by atoms with E-state index in [-0.39, 0.29) is 11.7 Å². The molecule has 1 spiro atoms. The van der Waals surface area contributed by atoms with Crippen molar-refractivity contribution in [2.75, 3.05) is 24.7 Å². The Morgan fingerprint density at radius 2 is 1.59 bits per heavy atom. The van der Waals surface area contributed by atoms with Crippen molar-refractivity contribution in [1.29, 1.82) is 0 Å². The molecule has 0 radical (unpaired) electrons. The van der Waals surface area contributed by atoms with Gasteiger partial charge in [0.05, 0.1) is 13.2 Å². The Hall–Kier alpha value is -4.45. The van der Waals surface area contributed by atoms with Crippen LogP contribution >= 0.6 is 0 Å². The van der Waals surface area contributed by atoms with Crippen molar-refractivity contribution < 1.29 is 22.7 Å². The number of alkyl halides is 3. The molecule has 12 heteroatoms. The first-order valence-electron chi connectivity index (χ1n) is 13.3. The highest BCUT2D eigenvalue weighted by Crippen LogP contribution is 2.42. The lowest BCUT2D eigenvalue weighted by molar-refractivity contribution is -0.275. The van der Waals surface area contributed by atoms with Gasteiger partial charge in [-0.1, -0.05) is 66.7 Å². The van der Waals surface area contributed by atoms with Crippen LogP contribution in [0.5, 0.6) is 5.75 Å². The second-order valence-corrected chi connectivity index (χ2v) is 10.2. The Kier molecular flexibility index (Phi) is 7.08. The normalized spacial score (nSPS) is 17.9. The summed E-state index contributed by atoms with van der Waals surface area (Å²) in [6.45, 7) is 1.56. The van der Waals surface area contributed by atoms with Crippen molar-refractivity contribution in [3.63, 3.8) is 0 Å². The number of aromatic nitrogens is 4. The molecule has 0 bridgehead atoms. The Labute approximate surface area is 234 Å². The molecule has 6 rings (SSSR count). The molecule has 2 aliphatic heterocycles. The first-order chi connectivity index (χ1) is 19.8. The van der Waals surface area contributed by atoms with Crippen LogP contribution in [0.1, 0.15) is 35.8 Å². The number of para-hydroxylation sites is 2. The number of benzene rings is 3. The lowest BCUT2D eigenvalue weighted by Gasteiger charge is -2.45. The van der Waals surface area contributed by atoms with Crippen molar-refractivity contribution in [2.45, 2.75) is 37.3 Å². The lowest BCUT2D eigenvalue weighted by atomic mass is 9.84. The third-order valence-electron chi connectivity index (χ3n) is 7.81. The SMILES string of the molecule is O=C1NCN(c2ccccc2)C12CCN(C(c1ccccc1OC(F)(F)F)c1nnnn1Cc1ccccc1)CC2. The van der Waals surface area contributed by atoms with Gasteiger partial charge in [-0.25, -0.2) is 4.68 Å². The molecule has 212 valence electrons. The molecule has 2 aliphatic rings. The van der Waals surface area contributed by atoms with Crippen molar-refractivity contribution in [3.05, 3.63) is 102 Å². The largest absolute Gasteiger partial charge is 0.573 e. The molecule has 3 aromatic carbocycles. The summed E-state index contributed by atoms with van der Waals surface area (Å²) in [7, 11) is 0. The van der Waals surface area contributed by atoms with Crippen LogP contribution < -0.4 is 15.0 Å². The number of hydrogen-bond donors (Lipinski definition) is 1. The zero-order chi connectivity index (χ0) is 28.5. The zero-order valence-electron chi connectivity index (χ0n) is 22.0. The van der Waals surface area contributed by atoms with Gasteiger partial charge in [-0.3, -0.25) is 9.69 Å². The summed E-state index contributed by atoms with van der Waals surface area (Å²) in [5.74, 6) is 0.0233. The molecule has 1 aromatic heterocycles. The average molecular weight is 564 g/mol. The Morgan fingerprint density at radius 3 is 2.29 bits per heavy atom. The molecular weight excluding hydrogens is 535 g/mol. The fourth-order valence-corrected chi connectivity index (χ4v) is 5.88. The second kappa shape index (κ2) is 10.8. The molecule has 1 unspecified atom stereocenters. The van der Waals surface area contributed by atoms with Gasteiger partial charge in [-0.15, -0.1) is 18.3 Å². The van der Waals surface area contributed by atoms with Crippen LogP contribution in [0.4, 0.5) is 18.9 Å². The van der Waals surface area contributed by atoms with E-state index in [9.17, 15) is 18.0 Å². The number of tetrazole rings is 1. The molecule has 0 aliphatic carbocycles. The van der Waals surface area contributed by atoms with Crippen molar-refractivity contribution in [1.82, 2.24) is 30.4 Å². The molecule has 2 fully saturated rings. The summed E-state index contributed by atoms with van der Waals surface area (Å²) in [4.78, 5) is 17.3. The smallest absolute Gasteiger partial charge is 0.405 e. The van der Waals surface area contributed by atoms with Gasteiger partial charge >= 0.3 is 6.36 Å². The molecule has 3 heterocycles. The molecule has 0 saturated carbocycles. The number of amides is 1. The molecule has 4 aromatic rings. The maximum absolute atomic E-state index is 13.5. The maximum Gasteiger partial charge on any atom is 0.573 e. The monoisotopic (exact) mass is 563 g/mol. The Morgan fingerprint density at radius 1 is 0.927 bits per heavy atom. The van der Waals surface area contributed by atoms with Crippen LogP contribution in [-0.2, 0) is 11.3 Å². The van der Waals surface area contributed by atoms with Crippen LogP contribution in [0.2, 0.25) is 0 Å². The van der Waals surface area contributed by atoms with E-state index in [1.54, 1.807) is 16.8 Å². The minimum absolute atomic E-state index is 0.0488. The van der Waals surface area contributed by atoms with Gasteiger partial charge in [-0.2, -0.15) is 0 Å². The van der Waals surface area contributed by atoms with E-state index in [2.05, 4.69) is 30.5 Å². The summed E-state index contributed by atoms with van der Waals surface area (Å²) in [5, 5.41) is 15.4. The molecule has 1 N–H and O–H groups in total. The van der Waals surface area contributed by atoms with Gasteiger partial charge in [0.2, 0.25) is 5.91 Å². The number of rotatable bonds is 7. The number of carbonyl (C=O) groups excluding carboxylic acids is 1. The van der Waals surface area contributed by atoms with Crippen LogP contribution in [0.3, 0.4) is 0 Å². The molecule has 1 atom stereocenters. The standard InChI is InChI=1S/C29H28F3N7O2/c30-29(31,32)41-24-14-8-7-13-23(24)25(26-34-35-36-39(26)19-21-9-3-1-4-10-21)37-17-15-28(16-18-37)27(40)33-20-38(28)22-11-5-2-6-12-22/h1-14,25H,15-20H2,(H,33,40). The predicted molar refractivity (Wildman–Crippen MR) is 144 cm³/mol. The number of ether oxygens (including phenoxy) is 1. The third-order valence-corrected chi connectivity index (χ3v) is 7.81. The number of anilines is 1. The van der Waals surface area contributed by atoms with Crippen molar-refractivity contribution in [2.24, 2.45) is 0 Å². The fraction of sp³-hybridized carbons (Fsp3) is 0.310. The highest BCUT2D eigenvalue weighted by molar-refractivity contribution is 5.93. The number of likely N-dealkylation sites (tertiary alicyclic amines) is 1. The number of nitrogens with zero attached hydrogens (tertiary/aromatic N) is 6. The van der Waals surface area contributed by atoms with Crippen LogP contribution in [-0.4, -0.2) is 62.7 Å². The first-order valence-corrected chi connectivity index (χ1v) is 13.3. The number of nitrogens with one attached hydrogen (secondary N) is 1. The van der Waals surface area contributed by atoms with E-state index < -0.39 is 17.9 Å². The minimum Gasteiger partial charge on any atom is -0.405 e. The van der Waals surface area contributed by atoms with E-state index in [1.807, 2.05) is 65.6 Å². The highest BCUT2D eigenvalue weighted by Gasteiger charge is 2.51. The van der Waals surface area contributed by atoms with Gasteiger partial charge in [0.1, 0.15) is 17.3 Å². The number of carbonyl (C=O) groups is 1. The highest BCUT2D eigenvalue weighted by atomic mass is 19.4. The lowest BCUT2D eigenvalue weighted by Crippen LogP contribution is -2.57. The maximum atomic E-state index is 13.5. The third kappa shape index (κ3) is 5.34. The van der Waals surface area contributed by atoms with Gasteiger partial charge < -0.3 is 15.0 Å². The minimum atomic E-state index is -4.87. The number of hydrogen-bond acceptors (Lipinski definition) is 7. The molecule has 2 saturated heterocycles. The Balaban J connectivity index is 1.36. The van der Waals surface area contributed by atoms with Crippen LogP contribution in [0, 0.1) is 0 Å². The van der Waals surface area contributed by atoms with Gasteiger partial charge in [0, 0.05) is 24.3 Å². The quantitative estimate of drug-likeness (QED) is 0.362. The van der Waals surface area contributed by atoms with E-state index in [0.717, 1.165) is 11.3 Å². The second-order valence-electron chi connectivity index (χ2n) is 10.2. The first kappa shape index (κ1) is 26.8. The summed E-state index contributed by atoms with van der Waals surface area (Å²) < 4.78 is 46.4. The fourth-order valence-electron chi connectivity index (χ4n) is 5.88. The van der Waals surface area contributed by atoms with Crippen LogP contribution in [0.25, 0.3) is 0 Å². The van der Waals surface area contributed by atoms with Gasteiger partial charge in [0.15, 0.2) is 5.82 Å². The van der Waals surface area contributed by atoms with Gasteiger partial charge in [0.25, 0.3) is 0 Å². The van der Waals surface area contributed by atoms with E-state index in [1.165, 1.54) is 12.1 Å². The van der Waals surface area contributed by atoms with E-state index >= 15 is 0 Å². The Bertz CT molecular complexity index is 1490. The summed E-state index contributed by atoms with van der Waals surface area (Å²) >= 11 is 0. The summed E-state index contributed by atoms with van der Waals surface area (Å²) in [5.41, 5.74) is 1.41. The molecular formula is C29H28F3N7O2. The van der Waals surface area contributed by atoms with Crippen molar-refractivity contribution >= 4 is 11.6 Å². The topological polar surface area (TPSA) is 88.4 Å². The predicted octanol–water partition coefficient (Wildman–Crippen LogP) is 4.14. The molecule has 41 heavy (non-hydrogen) atoms. The summed E-state index contributed by atoms with van der Waals surface area (Å²) in [6, 6.07) is 24.6. The number of halogens is 3. The molecule has 1 amide bonds. The molecule has 9 nitrogen and oxygen atoms in total. The zero-order valence-corrected chi connectivity index (χ0v) is 22.0. The average Bonchev–Trinajstić information content (AvgIpc) is 3.55. The van der Waals surface area contributed by atoms with E-state index in [0.29, 0.717) is 50.5 Å². The summed E-state index contributed by atoms with van der Waals surface area (Å²) in [6.07, 6.45) is -3.94. The van der Waals surface area contributed by atoms with Crippen molar-refractivity contribution in [3.8, 4) is 5.75 Å². The van der Waals surface area contributed by atoms with Crippen LogP contribution in [0.15, 0.2) is 84.9 Å².